The number of nitrogens with two attached hydrogens (primary N) is 1. The van der Waals surface area contributed by atoms with Gasteiger partial charge in [-0.3, -0.25) is 10.1 Å². The molecule has 0 aliphatic rings. The largest absolute Gasteiger partial charge is 0.368 e. The molecule has 9 heteroatoms. The predicted molar refractivity (Wildman–Crippen MR) is 76.0 cm³/mol. The number of benzene rings is 1. The molecular formula is C11H8N6O2S. The number of nitrogens with one attached hydrogen (secondary N) is 1. The smallest absolute Gasteiger partial charge is 0.329 e. The maximum absolute atomic E-state index is 10.9. The van der Waals surface area contributed by atoms with Gasteiger partial charge in [0.15, 0.2) is 0 Å². The lowest BCUT2D eigenvalue weighted by molar-refractivity contribution is -0.384. The Balaban J connectivity index is 2.01. The minimum atomic E-state index is -0.562. The monoisotopic (exact) mass is 288 g/mol. The molecule has 2 aromatic heterocycles. The Kier molecular flexibility index (Phi) is 2.88. The maximum Gasteiger partial charge on any atom is 0.329 e. The van der Waals surface area contributed by atoms with E-state index in [2.05, 4.69) is 20.3 Å². The van der Waals surface area contributed by atoms with Gasteiger partial charge >= 0.3 is 5.69 Å². The number of aromatic nitrogens is 3. The molecule has 3 N–H and O–H groups in total. The van der Waals surface area contributed by atoms with Gasteiger partial charge < -0.3 is 11.1 Å². The third-order valence-electron chi connectivity index (χ3n) is 2.58. The van der Waals surface area contributed by atoms with E-state index in [1.165, 1.54) is 11.3 Å². The molecule has 0 atom stereocenters. The highest BCUT2D eigenvalue weighted by atomic mass is 32.1. The molecule has 0 amide bonds. The predicted octanol–water partition coefficient (Wildman–Crippen LogP) is 2.32. The summed E-state index contributed by atoms with van der Waals surface area (Å²) in [6, 6.07) is 5.43. The molecule has 0 saturated heterocycles. The first-order valence-electron chi connectivity index (χ1n) is 5.50. The molecule has 0 bridgehead atoms. The van der Waals surface area contributed by atoms with Crippen molar-refractivity contribution in [2.45, 2.75) is 0 Å². The van der Waals surface area contributed by atoms with Gasteiger partial charge in [0.2, 0.25) is 11.8 Å². The minimum Gasteiger partial charge on any atom is -0.368 e. The SMILES string of the molecule is Nc1ncc([N+](=O)[O-])c(Nc2ccc3ncsc3c2)n1. The van der Waals surface area contributed by atoms with Crippen LogP contribution in [0.25, 0.3) is 10.2 Å². The first-order valence-corrected chi connectivity index (χ1v) is 6.38. The van der Waals surface area contributed by atoms with Crippen LogP contribution in [0.15, 0.2) is 29.9 Å². The third-order valence-corrected chi connectivity index (χ3v) is 3.37. The second kappa shape index (κ2) is 4.70. The van der Waals surface area contributed by atoms with Crippen LogP contribution in [0.5, 0.6) is 0 Å². The Labute approximate surface area is 116 Å². The maximum atomic E-state index is 10.9. The Morgan fingerprint density at radius 1 is 1.35 bits per heavy atom. The number of hydrogen-bond acceptors (Lipinski definition) is 8. The van der Waals surface area contributed by atoms with E-state index in [1.807, 2.05) is 12.1 Å². The van der Waals surface area contributed by atoms with E-state index in [1.54, 1.807) is 11.6 Å². The average Bonchev–Trinajstić information content (AvgIpc) is 2.85. The van der Waals surface area contributed by atoms with Crippen LogP contribution in [0.2, 0.25) is 0 Å². The van der Waals surface area contributed by atoms with Crippen molar-refractivity contribution in [2.75, 3.05) is 11.1 Å². The summed E-state index contributed by atoms with van der Waals surface area (Å²) in [5.74, 6) is 0.0309. The number of hydrogen-bond donors (Lipinski definition) is 2. The molecule has 0 spiro atoms. The molecule has 0 saturated carbocycles. The number of nitrogens with zero attached hydrogens (tertiary/aromatic N) is 4. The van der Waals surface area contributed by atoms with Gasteiger partial charge in [0.05, 0.1) is 20.7 Å². The summed E-state index contributed by atoms with van der Waals surface area (Å²) >= 11 is 1.48. The molecule has 3 rings (SSSR count). The van der Waals surface area contributed by atoms with Gasteiger partial charge in [0.1, 0.15) is 6.20 Å². The van der Waals surface area contributed by atoms with Gasteiger partial charge in [0, 0.05) is 5.69 Å². The first-order chi connectivity index (χ1) is 9.63. The highest BCUT2D eigenvalue weighted by Gasteiger charge is 2.17. The van der Waals surface area contributed by atoms with E-state index in [0.29, 0.717) is 5.69 Å². The molecule has 1 aromatic carbocycles. The van der Waals surface area contributed by atoms with Crippen molar-refractivity contribution in [3.05, 3.63) is 40.0 Å². The van der Waals surface area contributed by atoms with Crippen LogP contribution in [0.1, 0.15) is 0 Å². The zero-order valence-electron chi connectivity index (χ0n) is 9.98. The molecule has 20 heavy (non-hydrogen) atoms. The van der Waals surface area contributed by atoms with E-state index >= 15 is 0 Å². The molecule has 2 heterocycles. The Morgan fingerprint density at radius 3 is 3.00 bits per heavy atom. The molecule has 0 fully saturated rings. The van der Waals surface area contributed by atoms with Gasteiger partial charge in [0.25, 0.3) is 0 Å². The van der Waals surface area contributed by atoms with Gasteiger partial charge in [-0.25, -0.2) is 9.97 Å². The number of rotatable bonds is 3. The van der Waals surface area contributed by atoms with Crippen LogP contribution in [0.3, 0.4) is 0 Å². The van der Waals surface area contributed by atoms with Crippen molar-refractivity contribution >= 4 is 44.7 Å². The van der Waals surface area contributed by atoms with E-state index in [0.717, 1.165) is 16.4 Å². The number of fused-ring (bicyclic) bond motifs is 1. The van der Waals surface area contributed by atoms with E-state index < -0.39 is 4.92 Å². The second-order valence-electron chi connectivity index (χ2n) is 3.88. The highest BCUT2D eigenvalue weighted by molar-refractivity contribution is 7.16. The van der Waals surface area contributed by atoms with Crippen LogP contribution >= 0.6 is 11.3 Å². The topological polar surface area (TPSA) is 120 Å². The summed E-state index contributed by atoms with van der Waals surface area (Å²) in [4.78, 5) is 22.0. The van der Waals surface area contributed by atoms with Gasteiger partial charge in [-0.05, 0) is 18.2 Å². The number of nitrogen functional groups attached to an aromatic ring is 1. The Morgan fingerprint density at radius 2 is 2.20 bits per heavy atom. The van der Waals surface area contributed by atoms with Crippen molar-refractivity contribution in [3.63, 3.8) is 0 Å². The Bertz CT molecular complexity index is 802. The van der Waals surface area contributed by atoms with E-state index in [4.69, 9.17) is 5.73 Å². The molecule has 0 radical (unpaired) electrons. The fraction of sp³-hybridized carbons (Fsp3) is 0. The van der Waals surface area contributed by atoms with Crippen molar-refractivity contribution in [1.29, 1.82) is 0 Å². The summed E-state index contributed by atoms with van der Waals surface area (Å²) in [5.41, 5.74) is 8.51. The summed E-state index contributed by atoms with van der Waals surface area (Å²) in [5, 5.41) is 13.8. The average molecular weight is 288 g/mol. The van der Waals surface area contributed by atoms with E-state index in [-0.39, 0.29) is 17.5 Å². The van der Waals surface area contributed by atoms with E-state index in [9.17, 15) is 10.1 Å². The number of thiazole rings is 1. The fourth-order valence-corrected chi connectivity index (χ4v) is 2.40. The zero-order valence-corrected chi connectivity index (χ0v) is 10.8. The lowest BCUT2D eigenvalue weighted by Gasteiger charge is -2.06. The van der Waals surface area contributed by atoms with Crippen LogP contribution in [0.4, 0.5) is 23.1 Å². The quantitative estimate of drug-likeness (QED) is 0.560. The fourth-order valence-electron chi connectivity index (χ4n) is 1.68. The lowest BCUT2D eigenvalue weighted by atomic mass is 10.3. The molecule has 8 nitrogen and oxygen atoms in total. The van der Waals surface area contributed by atoms with Crippen LogP contribution in [0, 0.1) is 10.1 Å². The Hall–Kier alpha value is -2.81. The van der Waals surface area contributed by atoms with Gasteiger partial charge in [-0.2, -0.15) is 4.98 Å². The summed E-state index contributed by atoms with van der Waals surface area (Å²) < 4.78 is 0.972. The molecule has 3 aromatic rings. The van der Waals surface area contributed by atoms with Gasteiger partial charge in [-0.15, -0.1) is 11.3 Å². The van der Waals surface area contributed by atoms with Crippen molar-refractivity contribution < 1.29 is 4.92 Å². The normalized spacial score (nSPS) is 10.6. The summed E-state index contributed by atoms with van der Waals surface area (Å²) in [6.07, 6.45) is 1.08. The standard InChI is InChI=1S/C11H8N6O2S/c12-11-13-4-8(17(18)19)10(16-11)15-6-1-2-7-9(3-6)20-5-14-7/h1-5H,(H3,12,13,15,16). The summed E-state index contributed by atoms with van der Waals surface area (Å²) in [7, 11) is 0. The number of anilines is 3. The molecule has 0 aliphatic heterocycles. The van der Waals surface area contributed by atoms with Crippen LogP contribution in [-0.2, 0) is 0 Å². The second-order valence-corrected chi connectivity index (χ2v) is 4.77. The minimum absolute atomic E-state index is 0.0306. The van der Waals surface area contributed by atoms with Crippen molar-refractivity contribution in [1.82, 2.24) is 15.0 Å². The van der Waals surface area contributed by atoms with Crippen molar-refractivity contribution in [3.8, 4) is 0 Å². The van der Waals surface area contributed by atoms with Crippen molar-refractivity contribution in [2.24, 2.45) is 0 Å². The van der Waals surface area contributed by atoms with Crippen LogP contribution in [-0.4, -0.2) is 19.9 Å². The highest BCUT2D eigenvalue weighted by Crippen LogP contribution is 2.28. The molecule has 100 valence electrons. The molecule has 0 unspecified atom stereocenters. The summed E-state index contributed by atoms with van der Waals surface area (Å²) in [6.45, 7) is 0. The zero-order chi connectivity index (χ0) is 14.1. The van der Waals surface area contributed by atoms with Crippen LogP contribution < -0.4 is 11.1 Å². The number of nitro groups is 1. The molecule has 0 aliphatic carbocycles. The lowest BCUT2D eigenvalue weighted by Crippen LogP contribution is -2.03. The van der Waals surface area contributed by atoms with Gasteiger partial charge in [-0.1, -0.05) is 0 Å². The first kappa shape index (κ1) is 12.2. The third kappa shape index (κ3) is 2.21. The molecular weight excluding hydrogens is 280 g/mol.